The number of aryl methyl sites for hydroxylation is 1. The topological polar surface area (TPSA) is 46.9 Å². The van der Waals surface area contributed by atoms with Crippen LogP contribution in [0.4, 0.5) is 0 Å². The van der Waals surface area contributed by atoms with Gasteiger partial charge in [0.15, 0.2) is 0 Å². The van der Waals surface area contributed by atoms with Gasteiger partial charge in [-0.15, -0.1) is 0 Å². The molecule has 88 valence electrons. The van der Waals surface area contributed by atoms with Gasteiger partial charge in [0.05, 0.1) is 0 Å². The van der Waals surface area contributed by atoms with E-state index >= 15 is 0 Å². The van der Waals surface area contributed by atoms with E-state index in [9.17, 15) is 4.79 Å². The van der Waals surface area contributed by atoms with E-state index in [0.29, 0.717) is 11.4 Å². The number of halogens is 1. The van der Waals surface area contributed by atoms with Crippen LogP contribution in [0.2, 0.25) is 5.02 Å². The second-order valence-corrected chi connectivity index (χ2v) is 4.10. The first kappa shape index (κ1) is 11.7. The molecule has 1 atom stereocenters. The third-order valence-corrected chi connectivity index (χ3v) is 2.81. The number of imidazole rings is 1. The zero-order chi connectivity index (χ0) is 12.3. The first-order chi connectivity index (χ1) is 8.22. The lowest BCUT2D eigenvalue weighted by atomic mass is 10.1. The Balaban J connectivity index is 2.38. The Kier molecular flexibility index (Phi) is 3.44. The van der Waals surface area contributed by atoms with Crippen molar-refractivity contribution in [3.63, 3.8) is 0 Å². The molecule has 5 heteroatoms. The molecular formula is C12H12ClN3O. The van der Waals surface area contributed by atoms with Crippen LogP contribution in [0.5, 0.6) is 0 Å². The van der Waals surface area contributed by atoms with E-state index in [1.165, 1.54) is 0 Å². The minimum atomic E-state index is -0.259. The Morgan fingerprint density at radius 1 is 1.41 bits per heavy atom. The van der Waals surface area contributed by atoms with E-state index in [1.807, 2.05) is 29.9 Å². The van der Waals surface area contributed by atoms with E-state index in [0.717, 1.165) is 11.4 Å². The summed E-state index contributed by atoms with van der Waals surface area (Å²) >= 11 is 5.84. The lowest BCUT2D eigenvalue weighted by Gasteiger charge is -2.16. The maximum Gasteiger partial charge on any atom is 0.207 e. The van der Waals surface area contributed by atoms with Crippen molar-refractivity contribution in [2.24, 2.45) is 7.05 Å². The molecule has 0 fully saturated rings. The number of nitrogens with one attached hydrogen (secondary N) is 1. The molecular weight excluding hydrogens is 238 g/mol. The van der Waals surface area contributed by atoms with E-state index in [1.54, 1.807) is 18.3 Å². The average Bonchev–Trinajstić information content (AvgIpc) is 2.74. The maximum atomic E-state index is 10.7. The van der Waals surface area contributed by atoms with Crippen LogP contribution in [0.3, 0.4) is 0 Å². The number of rotatable bonds is 4. The predicted octanol–water partition coefficient (Wildman–Crippen LogP) is 1.91. The summed E-state index contributed by atoms with van der Waals surface area (Å²) in [6.45, 7) is 0. The number of carbonyl (C=O) groups excluding carboxylic acids is 1. The molecule has 1 unspecified atom stereocenters. The number of benzene rings is 1. The highest BCUT2D eigenvalue weighted by atomic mass is 35.5. The number of carbonyl (C=O) groups is 1. The summed E-state index contributed by atoms with van der Waals surface area (Å²) in [5.41, 5.74) is 0.941. The van der Waals surface area contributed by atoms with Crippen LogP contribution in [0.1, 0.15) is 17.4 Å². The molecule has 1 N–H and O–H groups in total. The van der Waals surface area contributed by atoms with Gasteiger partial charge in [-0.05, 0) is 17.7 Å². The summed E-state index contributed by atoms with van der Waals surface area (Å²) < 4.78 is 1.87. The Labute approximate surface area is 104 Å². The molecule has 0 aliphatic heterocycles. The number of amides is 1. The fourth-order valence-electron chi connectivity index (χ4n) is 1.70. The van der Waals surface area contributed by atoms with Crippen molar-refractivity contribution >= 4 is 18.0 Å². The Morgan fingerprint density at radius 3 is 2.65 bits per heavy atom. The zero-order valence-electron chi connectivity index (χ0n) is 9.30. The smallest absolute Gasteiger partial charge is 0.207 e. The SMILES string of the molecule is Cn1ccnc1C(NC=O)c1ccc(Cl)cc1. The molecule has 0 aliphatic carbocycles. The van der Waals surface area contributed by atoms with Crippen LogP contribution in [-0.4, -0.2) is 16.0 Å². The molecule has 1 heterocycles. The van der Waals surface area contributed by atoms with E-state index in [2.05, 4.69) is 10.3 Å². The van der Waals surface area contributed by atoms with Crippen molar-refractivity contribution in [1.29, 1.82) is 0 Å². The van der Waals surface area contributed by atoms with Crippen LogP contribution in [0.15, 0.2) is 36.7 Å². The average molecular weight is 250 g/mol. The van der Waals surface area contributed by atoms with Gasteiger partial charge in [0.2, 0.25) is 6.41 Å². The monoisotopic (exact) mass is 249 g/mol. The van der Waals surface area contributed by atoms with Gasteiger partial charge >= 0.3 is 0 Å². The van der Waals surface area contributed by atoms with Gasteiger partial charge in [-0.25, -0.2) is 4.98 Å². The van der Waals surface area contributed by atoms with Crippen LogP contribution in [0.25, 0.3) is 0 Å². The summed E-state index contributed by atoms with van der Waals surface area (Å²) in [6.07, 6.45) is 4.21. The van der Waals surface area contributed by atoms with Crippen molar-refractivity contribution in [2.45, 2.75) is 6.04 Å². The summed E-state index contributed by atoms with van der Waals surface area (Å²) in [7, 11) is 1.89. The van der Waals surface area contributed by atoms with Gasteiger partial charge in [0.1, 0.15) is 11.9 Å². The molecule has 17 heavy (non-hydrogen) atoms. The molecule has 1 amide bonds. The van der Waals surface area contributed by atoms with Crippen LogP contribution >= 0.6 is 11.6 Å². The molecule has 0 saturated carbocycles. The molecule has 0 spiro atoms. The summed E-state index contributed by atoms with van der Waals surface area (Å²) in [6, 6.07) is 7.07. The summed E-state index contributed by atoms with van der Waals surface area (Å²) in [5, 5.41) is 3.42. The third kappa shape index (κ3) is 2.47. The summed E-state index contributed by atoms with van der Waals surface area (Å²) in [4.78, 5) is 14.9. The molecule has 0 bridgehead atoms. The van der Waals surface area contributed by atoms with E-state index in [-0.39, 0.29) is 6.04 Å². The second-order valence-electron chi connectivity index (χ2n) is 3.67. The molecule has 2 rings (SSSR count). The van der Waals surface area contributed by atoms with Crippen molar-refractivity contribution in [3.05, 3.63) is 53.1 Å². The molecule has 1 aromatic heterocycles. The standard InChI is InChI=1S/C12H12ClN3O/c1-16-7-6-14-12(16)11(15-8-17)9-2-4-10(13)5-3-9/h2-8,11H,1H3,(H,15,17). The van der Waals surface area contributed by atoms with Crippen molar-refractivity contribution < 1.29 is 4.79 Å². The number of nitrogens with zero attached hydrogens (tertiary/aromatic N) is 2. The molecule has 1 aromatic carbocycles. The Morgan fingerprint density at radius 2 is 2.12 bits per heavy atom. The lowest BCUT2D eigenvalue weighted by Crippen LogP contribution is -2.23. The first-order valence-corrected chi connectivity index (χ1v) is 5.52. The largest absolute Gasteiger partial charge is 0.345 e. The molecule has 0 radical (unpaired) electrons. The lowest BCUT2D eigenvalue weighted by molar-refractivity contribution is -0.110. The van der Waals surface area contributed by atoms with E-state index < -0.39 is 0 Å². The Bertz CT molecular complexity index is 507. The van der Waals surface area contributed by atoms with Crippen molar-refractivity contribution in [2.75, 3.05) is 0 Å². The quantitative estimate of drug-likeness (QED) is 0.842. The number of hydrogen-bond donors (Lipinski definition) is 1. The fourth-order valence-corrected chi connectivity index (χ4v) is 1.82. The van der Waals surface area contributed by atoms with Crippen LogP contribution < -0.4 is 5.32 Å². The molecule has 0 aliphatic rings. The van der Waals surface area contributed by atoms with Gasteiger partial charge in [0, 0.05) is 24.5 Å². The van der Waals surface area contributed by atoms with Gasteiger partial charge < -0.3 is 9.88 Å². The normalized spacial score (nSPS) is 12.1. The number of hydrogen-bond acceptors (Lipinski definition) is 2. The first-order valence-electron chi connectivity index (χ1n) is 5.14. The molecule has 2 aromatic rings. The highest BCUT2D eigenvalue weighted by molar-refractivity contribution is 6.30. The zero-order valence-corrected chi connectivity index (χ0v) is 10.1. The number of aromatic nitrogens is 2. The van der Waals surface area contributed by atoms with Crippen LogP contribution in [0, 0.1) is 0 Å². The minimum absolute atomic E-state index is 0.259. The molecule has 0 saturated heterocycles. The minimum Gasteiger partial charge on any atom is -0.345 e. The third-order valence-electron chi connectivity index (χ3n) is 2.55. The van der Waals surface area contributed by atoms with Crippen molar-refractivity contribution in [1.82, 2.24) is 14.9 Å². The molecule has 4 nitrogen and oxygen atoms in total. The highest BCUT2D eigenvalue weighted by Crippen LogP contribution is 2.21. The predicted molar refractivity (Wildman–Crippen MR) is 65.7 cm³/mol. The highest BCUT2D eigenvalue weighted by Gasteiger charge is 2.16. The van der Waals surface area contributed by atoms with Gasteiger partial charge in [0.25, 0.3) is 0 Å². The maximum absolute atomic E-state index is 10.7. The van der Waals surface area contributed by atoms with Gasteiger partial charge in [-0.3, -0.25) is 4.79 Å². The second kappa shape index (κ2) is 5.01. The fraction of sp³-hybridized carbons (Fsp3) is 0.167. The summed E-state index contributed by atoms with van der Waals surface area (Å²) in [5.74, 6) is 0.777. The van der Waals surface area contributed by atoms with Gasteiger partial charge in [-0.2, -0.15) is 0 Å². The van der Waals surface area contributed by atoms with Gasteiger partial charge in [-0.1, -0.05) is 23.7 Å². The van der Waals surface area contributed by atoms with Crippen LogP contribution in [-0.2, 0) is 11.8 Å². The Hall–Kier alpha value is -1.81. The van der Waals surface area contributed by atoms with Crippen molar-refractivity contribution in [3.8, 4) is 0 Å². The van der Waals surface area contributed by atoms with E-state index in [4.69, 9.17) is 11.6 Å².